The van der Waals surface area contributed by atoms with Crippen molar-refractivity contribution in [2.75, 3.05) is 26.7 Å². The van der Waals surface area contributed by atoms with Gasteiger partial charge in [0.05, 0.1) is 12.1 Å². The monoisotopic (exact) mass is 217 g/mol. The molecule has 0 bridgehead atoms. The number of carbonyl (C=O) groups excluding carboxylic acids is 2. The Bertz CT molecular complexity index is 241. The third-order valence-corrected chi connectivity index (χ3v) is 2.22. The molecule has 0 aromatic heterocycles. The molecule has 0 aromatic carbocycles. The minimum Gasteiger partial charge on any atom is -0.394 e. The van der Waals surface area contributed by atoms with Gasteiger partial charge in [-0.1, -0.05) is 0 Å². The van der Waals surface area contributed by atoms with E-state index < -0.39 is 17.4 Å². The van der Waals surface area contributed by atoms with E-state index in [-0.39, 0.29) is 19.7 Å². The fraction of sp³-hybridized carbons (Fsp3) is 0.778. The number of aliphatic hydroxyl groups excluding tert-OH is 1. The maximum atomic E-state index is 11.5. The van der Waals surface area contributed by atoms with Crippen molar-refractivity contribution in [1.29, 1.82) is 0 Å². The van der Waals surface area contributed by atoms with Gasteiger partial charge >= 0.3 is 11.8 Å². The number of likely N-dealkylation sites (N-methyl/N-ethyl adjacent to an activating group) is 1. The molecule has 0 aliphatic carbocycles. The van der Waals surface area contributed by atoms with Gasteiger partial charge in [-0.15, -0.1) is 0 Å². The number of nitrogens with one attached hydrogen (secondary N) is 1. The first kappa shape index (κ1) is 13.9. The second kappa shape index (κ2) is 5.67. The molecule has 6 heteroatoms. The van der Waals surface area contributed by atoms with Crippen molar-refractivity contribution in [1.82, 2.24) is 10.2 Å². The lowest BCUT2D eigenvalue weighted by molar-refractivity contribution is -0.149. The van der Waals surface area contributed by atoms with Crippen LogP contribution in [0.15, 0.2) is 0 Å². The van der Waals surface area contributed by atoms with Crippen molar-refractivity contribution in [3.05, 3.63) is 0 Å². The highest BCUT2D eigenvalue weighted by Crippen LogP contribution is 2.10. The normalized spacial score (nSPS) is 11.0. The van der Waals surface area contributed by atoms with Gasteiger partial charge < -0.3 is 21.1 Å². The lowest BCUT2D eigenvalue weighted by atomic mass is 10.1. The predicted molar refractivity (Wildman–Crippen MR) is 56.0 cm³/mol. The van der Waals surface area contributed by atoms with Crippen LogP contribution in [0.1, 0.15) is 13.8 Å². The molecule has 2 amide bonds. The summed E-state index contributed by atoms with van der Waals surface area (Å²) in [6, 6.07) is 0. The smallest absolute Gasteiger partial charge is 0.312 e. The molecule has 0 saturated heterocycles. The zero-order valence-electron chi connectivity index (χ0n) is 9.41. The van der Waals surface area contributed by atoms with E-state index in [1.54, 1.807) is 13.8 Å². The van der Waals surface area contributed by atoms with Crippen LogP contribution in [-0.2, 0) is 9.59 Å². The Hall–Kier alpha value is -1.14. The van der Waals surface area contributed by atoms with E-state index in [2.05, 4.69) is 5.32 Å². The van der Waals surface area contributed by atoms with Crippen molar-refractivity contribution in [3.8, 4) is 0 Å². The predicted octanol–water partition coefficient (Wildman–Crippen LogP) is -1.71. The van der Waals surface area contributed by atoms with Gasteiger partial charge in [0.1, 0.15) is 0 Å². The number of carbonyl (C=O) groups is 2. The van der Waals surface area contributed by atoms with Crippen molar-refractivity contribution >= 4 is 11.8 Å². The largest absolute Gasteiger partial charge is 0.394 e. The molecular formula is C9H19N3O3. The second-order valence-electron chi connectivity index (χ2n) is 3.88. The number of nitrogens with zero attached hydrogens (tertiary/aromatic N) is 1. The van der Waals surface area contributed by atoms with Crippen LogP contribution in [0.5, 0.6) is 0 Å². The van der Waals surface area contributed by atoms with E-state index in [1.165, 1.54) is 11.9 Å². The summed E-state index contributed by atoms with van der Waals surface area (Å²) in [6.45, 7) is 3.67. The number of aliphatic hydroxyl groups is 1. The van der Waals surface area contributed by atoms with Crippen LogP contribution in [-0.4, -0.2) is 54.1 Å². The molecule has 0 aromatic rings. The topological polar surface area (TPSA) is 95.7 Å². The maximum absolute atomic E-state index is 11.5. The summed E-state index contributed by atoms with van der Waals surface area (Å²) in [7, 11) is 1.47. The van der Waals surface area contributed by atoms with Crippen LogP contribution in [0.25, 0.3) is 0 Å². The van der Waals surface area contributed by atoms with Crippen LogP contribution >= 0.6 is 0 Å². The average molecular weight is 217 g/mol. The van der Waals surface area contributed by atoms with Crippen LogP contribution in [0.3, 0.4) is 0 Å². The van der Waals surface area contributed by atoms with E-state index >= 15 is 0 Å². The Labute approximate surface area is 89.4 Å². The molecule has 0 saturated carbocycles. The van der Waals surface area contributed by atoms with Gasteiger partial charge in [-0.25, -0.2) is 0 Å². The van der Waals surface area contributed by atoms with E-state index in [4.69, 9.17) is 10.8 Å². The average Bonchev–Trinajstić information content (AvgIpc) is 2.23. The minimum absolute atomic E-state index is 0.209. The molecule has 0 aliphatic rings. The Morgan fingerprint density at radius 3 is 2.40 bits per heavy atom. The van der Waals surface area contributed by atoms with Crippen LogP contribution in [0.2, 0.25) is 0 Å². The summed E-state index contributed by atoms with van der Waals surface area (Å²) in [6.07, 6.45) is 0. The first-order valence-corrected chi connectivity index (χ1v) is 4.73. The summed E-state index contributed by atoms with van der Waals surface area (Å²) in [4.78, 5) is 24.0. The molecule has 0 spiro atoms. The molecule has 15 heavy (non-hydrogen) atoms. The van der Waals surface area contributed by atoms with Gasteiger partial charge in [-0.3, -0.25) is 9.59 Å². The fourth-order valence-corrected chi connectivity index (χ4v) is 0.795. The lowest BCUT2D eigenvalue weighted by Crippen LogP contribution is -2.53. The molecule has 88 valence electrons. The van der Waals surface area contributed by atoms with E-state index in [0.717, 1.165) is 0 Å². The number of hydrogen-bond acceptors (Lipinski definition) is 4. The van der Waals surface area contributed by atoms with E-state index in [1.807, 2.05) is 0 Å². The van der Waals surface area contributed by atoms with Crippen molar-refractivity contribution < 1.29 is 14.7 Å². The molecule has 0 atom stereocenters. The highest BCUT2D eigenvalue weighted by atomic mass is 16.3. The van der Waals surface area contributed by atoms with E-state index in [0.29, 0.717) is 0 Å². The Kier molecular flexibility index (Phi) is 5.24. The standard InChI is InChI=1S/C9H19N3O3/c1-9(2,6-13)12(3)8(15)7(14)11-5-4-10/h13H,4-6,10H2,1-3H3,(H,11,14). The van der Waals surface area contributed by atoms with Gasteiger partial charge in [-0.05, 0) is 13.8 Å². The molecule has 0 fully saturated rings. The van der Waals surface area contributed by atoms with E-state index in [9.17, 15) is 9.59 Å². The molecule has 0 unspecified atom stereocenters. The summed E-state index contributed by atoms with van der Waals surface area (Å²) < 4.78 is 0. The quantitative estimate of drug-likeness (QED) is 0.489. The van der Waals surface area contributed by atoms with Gasteiger partial charge in [0.15, 0.2) is 0 Å². The Balaban J connectivity index is 4.38. The maximum Gasteiger partial charge on any atom is 0.312 e. The van der Waals surface area contributed by atoms with Crippen LogP contribution in [0, 0.1) is 0 Å². The Morgan fingerprint density at radius 1 is 1.47 bits per heavy atom. The van der Waals surface area contributed by atoms with Gasteiger partial charge in [0.2, 0.25) is 0 Å². The molecule has 0 aliphatic heterocycles. The zero-order chi connectivity index (χ0) is 12.1. The van der Waals surface area contributed by atoms with Gasteiger partial charge in [0, 0.05) is 20.1 Å². The highest BCUT2D eigenvalue weighted by Gasteiger charge is 2.30. The summed E-state index contributed by atoms with van der Waals surface area (Å²) in [5, 5.41) is 11.4. The summed E-state index contributed by atoms with van der Waals surface area (Å²) >= 11 is 0. The minimum atomic E-state index is -0.753. The van der Waals surface area contributed by atoms with Gasteiger partial charge in [-0.2, -0.15) is 0 Å². The van der Waals surface area contributed by atoms with Crippen molar-refractivity contribution in [2.24, 2.45) is 5.73 Å². The number of nitrogens with two attached hydrogens (primary N) is 1. The number of rotatable bonds is 4. The second-order valence-corrected chi connectivity index (χ2v) is 3.88. The molecule has 4 N–H and O–H groups in total. The number of hydrogen-bond donors (Lipinski definition) is 3. The van der Waals surface area contributed by atoms with Crippen molar-refractivity contribution in [3.63, 3.8) is 0 Å². The SMILES string of the molecule is CN(C(=O)C(=O)NCCN)C(C)(C)CO. The lowest BCUT2D eigenvalue weighted by Gasteiger charge is -2.33. The molecular weight excluding hydrogens is 198 g/mol. The van der Waals surface area contributed by atoms with Crippen LogP contribution in [0.4, 0.5) is 0 Å². The first-order chi connectivity index (χ1) is 6.86. The summed E-state index contributed by atoms with van der Waals surface area (Å²) in [5.41, 5.74) is 4.43. The zero-order valence-corrected chi connectivity index (χ0v) is 9.41. The molecule has 0 rings (SSSR count). The van der Waals surface area contributed by atoms with Crippen LogP contribution < -0.4 is 11.1 Å². The highest BCUT2D eigenvalue weighted by molar-refractivity contribution is 6.35. The Morgan fingerprint density at radius 2 is 2.00 bits per heavy atom. The third kappa shape index (κ3) is 3.85. The molecule has 0 heterocycles. The molecule has 6 nitrogen and oxygen atoms in total. The van der Waals surface area contributed by atoms with Gasteiger partial charge in [0.25, 0.3) is 0 Å². The fourth-order valence-electron chi connectivity index (χ4n) is 0.795. The number of amides is 2. The summed E-state index contributed by atoms with van der Waals surface area (Å²) in [5.74, 6) is -1.38. The molecule has 0 radical (unpaired) electrons. The first-order valence-electron chi connectivity index (χ1n) is 4.73. The third-order valence-electron chi connectivity index (χ3n) is 2.22. The van der Waals surface area contributed by atoms with Crippen molar-refractivity contribution in [2.45, 2.75) is 19.4 Å².